The van der Waals surface area contributed by atoms with Crippen LogP contribution in [0.4, 0.5) is 0 Å². The summed E-state index contributed by atoms with van der Waals surface area (Å²) in [4.78, 5) is 11.5. The van der Waals surface area contributed by atoms with Gasteiger partial charge in [-0.15, -0.1) is 0 Å². The zero-order valence-electron chi connectivity index (χ0n) is 14.1. The molecule has 0 saturated carbocycles. The number of hydrogen-bond donors (Lipinski definition) is 1. The molecule has 2 rings (SSSR count). The summed E-state index contributed by atoms with van der Waals surface area (Å²) < 4.78 is 10.3. The van der Waals surface area contributed by atoms with E-state index in [-0.39, 0.29) is 12.4 Å². The minimum Gasteiger partial charge on any atom is -0.496 e. The fourth-order valence-electron chi connectivity index (χ4n) is 2.64. The molecule has 0 aliphatic heterocycles. The fourth-order valence-corrected chi connectivity index (χ4v) is 2.64. The Kier molecular flexibility index (Phi) is 5.77. The van der Waals surface area contributed by atoms with E-state index in [2.05, 4.69) is 30.4 Å². The maximum atomic E-state index is 11.5. The van der Waals surface area contributed by atoms with Crippen LogP contribution in [0, 0.1) is 6.92 Å². The predicted octanol–water partition coefficient (Wildman–Crippen LogP) is 3.11. The maximum absolute atomic E-state index is 11.5. The van der Waals surface area contributed by atoms with Crippen molar-refractivity contribution in [2.75, 3.05) is 21.3 Å². The summed E-state index contributed by atoms with van der Waals surface area (Å²) in [5.74, 6) is 0.542. The van der Waals surface area contributed by atoms with E-state index in [9.17, 15) is 4.79 Å². The largest absolute Gasteiger partial charge is 0.496 e. The molecule has 0 bridgehead atoms. The van der Waals surface area contributed by atoms with Crippen molar-refractivity contribution in [1.82, 2.24) is 5.32 Å². The smallest absolute Gasteiger partial charge is 0.309 e. The number of ether oxygens (including phenoxy) is 2. The van der Waals surface area contributed by atoms with Gasteiger partial charge in [-0.05, 0) is 42.8 Å². The monoisotopic (exact) mass is 313 g/mol. The van der Waals surface area contributed by atoms with Gasteiger partial charge in [0, 0.05) is 12.1 Å². The number of rotatable bonds is 6. The zero-order valence-corrected chi connectivity index (χ0v) is 14.1. The Morgan fingerprint density at radius 2 is 1.87 bits per heavy atom. The van der Waals surface area contributed by atoms with Gasteiger partial charge in [-0.1, -0.05) is 29.8 Å². The normalized spacial score (nSPS) is 10.4. The van der Waals surface area contributed by atoms with Gasteiger partial charge in [-0.3, -0.25) is 4.79 Å². The van der Waals surface area contributed by atoms with Crippen LogP contribution in [-0.4, -0.2) is 27.2 Å². The topological polar surface area (TPSA) is 47.6 Å². The molecule has 1 N–H and O–H groups in total. The second-order valence-corrected chi connectivity index (χ2v) is 5.48. The summed E-state index contributed by atoms with van der Waals surface area (Å²) in [6, 6.07) is 12.1. The number of nitrogens with one attached hydrogen (secondary N) is 1. The molecular formula is C19H23NO3. The zero-order chi connectivity index (χ0) is 16.8. The molecule has 23 heavy (non-hydrogen) atoms. The summed E-state index contributed by atoms with van der Waals surface area (Å²) in [6.45, 7) is 2.84. The van der Waals surface area contributed by atoms with E-state index in [1.807, 2.05) is 25.2 Å². The first-order chi connectivity index (χ1) is 11.1. The van der Waals surface area contributed by atoms with Gasteiger partial charge in [-0.2, -0.15) is 0 Å². The Morgan fingerprint density at radius 1 is 1.09 bits per heavy atom. The highest BCUT2D eigenvalue weighted by Crippen LogP contribution is 2.34. The summed E-state index contributed by atoms with van der Waals surface area (Å²) in [5, 5.41) is 3.20. The summed E-state index contributed by atoms with van der Waals surface area (Å²) in [6.07, 6.45) is 0.251. The van der Waals surface area contributed by atoms with Crippen LogP contribution >= 0.6 is 0 Å². The number of carbonyl (C=O) groups is 1. The molecule has 0 aliphatic rings. The van der Waals surface area contributed by atoms with Crippen LogP contribution in [-0.2, 0) is 22.5 Å². The van der Waals surface area contributed by atoms with E-state index in [4.69, 9.17) is 9.47 Å². The van der Waals surface area contributed by atoms with Crippen LogP contribution < -0.4 is 10.1 Å². The Morgan fingerprint density at radius 3 is 2.52 bits per heavy atom. The first-order valence-corrected chi connectivity index (χ1v) is 7.57. The minimum atomic E-state index is -0.250. The van der Waals surface area contributed by atoms with Crippen molar-refractivity contribution < 1.29 is 14.3 Å². The molecule has 0 atom stereocenters. The van der Waals surface area contributed by atoms with Gasteiger partial charge in [0.25, 0.3) is 0 Å². The van der Waals surface area contributed by atoms with Crippen molar-refractivity contribution in [2.24, 2.45) is 0 Å². The lowest BCUT2D eigenvalue weighted by molar-refractivity contribution is -0.139. The van der Waals surface area contributed by atoms with Crippen molar-refractivity contribution in [2.45, 2.75) is 19.9 Å². The molecule has 0 fully saturated rings. The van der Waals surface area contributed by atoms with Crippen molar-refractivity contribution in [3.05, 3.63) is 53.1 Å². The first-order valence-electron chi connectivity index (χ1n) is 7.57. The molecule has 0 amide bonds. The highest BCUT2D eigenvalue weighted by Gasteiger charge is 2.13. The number of methoxy groups -OCH3 is 2. The summed E-state index contributed by atoms with van der Waals surface area (Å²) in [5.41, 5.74) is 5.40. The van der Waals surface area contributed by atoms with Gasteiger partial charge in [0.05, 0.1) is 20.6 Å². The van der Waals surface area contributed by atoms with E-state index in [1.54, 1.807) is 7.11 Å². The molecule has 2 aromatic rings. The van der Waals surface area contributed by atoms with E-state index < -0.39 is 0 Å². The molecule has 0 unspecified atom stereocenters. The van der Waals surface area contributed by atoms with E-state index >= 15 is 0 Å². The average Bonchev–Trinajstić information content (AvgIpc) is 2.55. The molecule has 0 aliphatic carbocycles. The Hall–Kier alpha value is -2.33. The summed E-state index contributed by atoms with van der Waals surface area (Å²) in [7, 11) is 4.99. The lowest BCUT2D eigenvalue weighted by atomic mass is 9.95. The third kappa shape index (κ3) is 4.11. The highest BCUT2D eigenvalue weighted by atomic mass is 16.5. The van der Waals surface area contributed by atoms with Gasteiger partial charge in [0.15, 0.2) is 0 Å². The molecule has 122 valence electrons. The number of hydrogen-bond acceptors (Lipinski definition) is 4. The lowest BCUT2D eigenvalue weighted by Crippen LogP contribution is -2.08. The third-order valence-corrected chi connectivity index (χ3v) is 3.76. The fraction of sp³-hybridized carbons (Fsp3) is 0.316. The predicted molar refractivity (Wildman–Crippen MR) is 91.7 cm³/mol. The molecule has 0 heterocycles. The van der Waals surface area contributed by atoms with Crippen molar-refractivity contribution in [1.29, 1.82) is 0 Å². The van der Waals surface area contributed by atoms with Crippen LogP contribution in [0.5, 0.6) is 5.75 Å². The van der Waals surface area contributed by atoms with Crippen molar-refractivity contribution >= 4 is 5.97 Å². The molecule has 4 heteroatoms. The second-order valence-electron chi connectivity index (χ2n) is 5.48. The van der Waals surface area contributed by atoms with Crippen molar-refractivity contribution in [3.63, 3.8) is 0 Å². The summed E-state index contributed by atoms with van der Waals surface area (Å²) >= 11 is 0. The first kappa shape index (κ1) is 17.0. The number of aryl methyl sites for hydroxylation is 1. The molecule has 0 aromatic heterocycles. The van der Waals surface area contributed by atoms with Crippen LogP contribution in [0.1, 0.15) is 16.7 Å². The number of benzene rings is 2. The van der Waals surface area contributed by atoms with E-state index in [0.717, 1.165) is 29.0 Å². The molecule has 4 nitrogen and oxygen atoms in total. The molecule has 0 saturated heterocycles. The van der Waals surface area contributed by atoms with Gasteiger partial charge in [-0.25, -0.2) is 0 Å². The Bertz CT molecular complexity index is 695. The number of esters is 1. The third-order valence-electron chi connectivity index (χ3n) is 3.76. The van der Waals surface area contributed by atoms with Crippen LogP contribution in [0.25, 0.3) is 11.1 Å². The van der Waals surface area contributed by atoms with Gasteiger partial charge < -0.3 is 14.8 Å². The van der Waals surface area contributed by atoms with E-state index in [1.165, 1.54) is 18.2 Å². The Balaban J connectivity index is 2.52. The highest BCUT2D eigenvalue weighted by molar-refractivity contribution is 5.77. The Labute approximate surface area is 137 Å². The van der Waals surface area contributed by atoms with Crippen molar-refractivity contribution in [3.8, 4) is 16.9 Å². The number of carbonyl (C=O) groups excluding carboxylic acids is 1. The van der Waals surface area contributed by atoms with E-state index in [0.29, 0.717) is 0 Å². The van der Waals surface area contributed by atoms with Crippen LogP contribution in [0.2, 0.25) is 0 Å². The van der Waals surface area contributed by atoms with Crippen LogP contribution in [0.15, 0.2) is 36.4 Å². The minimum absolute atomic E-state index is 0.250. The van der Waals surface area contributed by atoms with Gasteiger partial charge in [0.1, 0.15) is 5.75 Å². The molecular weight excluding hydrogens is 290 g/mol. The van der Waals surface area contributed by atoms with Crippen LogP contribution in [0.3, 0.4) is 0 Å². The maximum Gasteiger partial charge on any atom is 0.309 e. The lowest BCUT2D eigenvalue weighted by Gasteiger charge is -2.15. The molecule has 2 aromatic carbocycles. The van der Waals surface area contributed by atoms with Gasteiger partial charge in [0.2, 0.25) is 0 Å². The molecule has 0 radical (unpaired) electrons. The second kappa shape index (κ2) is 7.79. The quantitative estimate of drug-likeness (QED) is 0.833. The SMILES string of the molecule is CNCc1cc(C)ccc1-c1cc(CC(=O)OC)ccc1OC. The average molecular weight is 313 g/mol. The standard InChI is InChI=1S/C19H23NO3/c1-13-5-7-16(15(9-13)12-20-2)17-10-14(11-19(21)23-4)6-8-18(17)22-3/h5-10,20H,11-12H2,1-4H3. The van der Waals surface area contributed by atoms with Gasteiger partial charge >= 0.3 is 5.97 Å². The molecule has 0 spiro atoms.